The van der Waals surface area contributed by atoms with Gasteiger partial charge in [0.15, 0.2) is 0 Å². The Morgan fingerprint density at radius 2 is 2.58 bits per heavy atom. The molecule has 0 aromatic rings. The molecular formula is C9H13ClO2. The van der Waals surface area contributed by atoms with Crippen LogP contribution in [0.1, 0.15) is 26.2 Å². The Kier molecular flexibility index (Phi) is 3.60. The molecule has 68 valence electrons. The molecule has 0 saturated carbocycles. The minimum absolute atomic E-state index is 0.141. The number of hydrogen-bond acceptors (Lipinski definition) is 2. The van der Waals surface area contributed by atoms with Gasteiger partial charge in [0.2, 0.25) is 0 Å². The van der Waals surface area contributed by atoms with Crippen molar-refractivity contribution < 1.29 is 9.53 Å². The first kappa shape index (κ1) is 9.59. The number of hydrogen-bond donors (Lipinski definition) is 0. The number of alkyl halides is 1. The summed E-state index contributed by atoms with van der Waals surface area (Å²) in [7, 11) is 0. The number of allylic oxidation sites excluding steroid dienone is 1. The molecule has 2 nitrogen and oxygen atoms in total. The van der Waals surface area contributed by atoms with Gasteiger partial charge in [0.1, 0.15) is 0 Å². The van der Waals surface area contributed by atoms with Crippen LogP contribution in [-0.2, 0) is 9.53 Å². The summed E-state index contributed by atoms with van der Waals surface area (Å²) in [5.41, 5.74) is 0.643. The van der Waals surface area contributed by atoms with Gasteiger partial charge in [-0.1, -0.05) is 6.08 Å². The molecule has 12 heavy (non-hydrogen) atoms. The molecule has 0 bridgehead atoms. The fourth-order valence-corrected chi connectivity index (χ4v) is 1.60. The van der Waals surface area contributed by atoms with Crippen LogP contribution in [0.4, 0.5) is 0 Å². The second-order valence-corrected chi connectivity index (χ2v) is 3.31. The Morgan fingerprint density at radius 3 is 3.17 bits per heavy atom. The van der Waals surface area contributed by atoms with Crippen LogP contribution < -0.4 is 0 Å². The summed E-state index contributed by atoms with van der Waals surface area (Å²) in [4.78, 5) is 11.2. The van der Waals surface area contributed by atoms with E-state index in [9.17, 15) is 4.79 Å². The minimum atomic E-state index is -0.253. The minimum Gasteiger partial charge on any atom is -0.463 e. The van der Waals surface area contributed by atoms with Crippen molar-refractivity contribution >= 4 is 17.6 Å². The Hall–Kier alpha value is -0.500. The lowest BCUT2D eigenvalue weighted by Gasteiger charge is -2.16. The van der Waals surface area contributed by atoms with Gasteiger partial charge in [-0.2, -0.15) is 0 Å². The first-order valence-electron chi connectivity index (χ1n) is 4.27. The average molecular weight is 189 g/mol. The predicted octanol–water partition coefficient (Wildman–Crippen LogP) is 2.27. The van der Waals surface area contributed by atoms with E-state index < -0.39 is 0 Å². The van der Waals surface area contributed by atoms with E-state index in [2.05, 4.69) is 0 Å². The zero-order valence-corrected chi connectivity index (χ0v) is 7.93. The van der Waals surface area contributed by atoms with Crippen molar-refractivity contribution in [2.75, 3.05) is 6.61 Å². The van der Waals surface area contributed by atoms with Gasteiger partial charge in [0.25, 0.3) is 0 Å². The standard InChI is InChI=1S/C9H13ClO2/c1-2-12-9(11)7-5-3-4-6-8(7)10/h5,8H,2-4,6H2,1H3/t8-/m0/s1. The van der Waals surface area contributed by atoms with Crippen LogP contribution in [0.15, 0.2) is 11.6 Å². The molecule has 1 aliphatic rings. The quantitative estimate of drug-likeness (QED) is 0.491. The zero-order chi connectivity index (χ0) is 8.97. The lowest BCUT2D eigenvalue weighted by molar-refractivity contribution is -0.138. The summed E-state index contributed by atoms with van der Waals surface area (Å²) in [5, 5.41) is -0.141. The predicted molar refractivity (Wildman–Crippen MR) is 48.2 cm³/mol. The molecule has 0 fully saturated rings. The largest absolute Gasteiger partial charge is 0.463 e. The van der Waals surface area contributed by atoms with E-state index in [1.807, 2.05) is 6.08 Å². The van der Waals surface area contributed by atoms with Gasteiger partial charge in [-0.05, 0) is 26.2 Å². The van der Waals surface area contributed by atoms with Crippen molar-refractivity contribution in [3.05, 3.63) is 11.6 Å². The Bertz CT molecular complexity index is 199. The molecule has 1 aliphatic carbocycles. The Morgan fingerprint density at radius 1 is 1.83 bits per heavy atom. The fourth-order valence-electron chi connectivity index (χ4n) is 1.26. The fraction of sp³-hybridized carbons (Fsp3) is 0.667. The number of halogens is 1. The Balaban J connectivity index is 2.59. The van der Waals surface area contributed by atoms with E-state index >= 15 is 0 Å². The van der Waals surface area contributed by atoms with Crippen molar-refractivity contribution in [1.82, 2.24) is 0 Å². The lowest BCUT2D eigenvalue weighted by Crippen LogP contribution is -2.18. The molecule has 0 unspecified atom stereocenters. The summed E-state index contributed by atoms with van der Waals surface area (Å²) >= 11 is 5.94. The number of esters is 1. The molecule has 0 saturated heterocycles. The third-order valence-electron chi connectivity index (χ3n) is 1.87. The molecule has 1 rings (SSSR count). The van der Waals surface area contributed by atoms with Gasteiger partial charge in [-0.3, -0.25) is 0 Å². The maximum atomic E-state index is 11.2. The van der Waals surface area contributed by atoms with E-state index in [1.54, 1.807) is 6.92 Å². The van der Waals surface area contributed by atoms with Crippen LogP contribution in [-0.4, -0.2) is 18.0 Å². The van der Waals surface area contributed by atoms with Crippen LogP contribution in [0.5, 0.6) is 0 Å². The third kappa shape index (κ3) is 2.24. The molecule has 0 aromatic heterocycles. The van der Waals surface area contributed by atoms with Crippen LogP contribution in [0, 0.1) is 0 Å². The highest BCUT2D eigenvalue weighted by Crippen LogP contribution is 2.24. The molecule has 3 heteroatoms. The normalized spacial score (nSPS) is 23.2. The van der Waals surface area contributed by atoms with E-state index in [1.165, 1.54) is 0 Å². The third-order valence-corrected chi connectivity index (χ3v) is 2.33. The summed E-state index contributed by atoms with van der Waals surface area (Å²) < 4.78 is 4.86. The Labute approximate surface area is 77.5 Å². The maximum Gasteiger partial charge on any atom is 0.335 e. The number of carbonyl (C=O) groups is 1. The number of ether oxygens (including phenoxy) is 1. The first-order valence-corrected chi connectivity index (χ1v) is 4.70. The van der Waals surface area contributed by atoms with Gasteiger partial charge in [-0.25, -0.2) is 4.79 Å². The van der Waals surface area contributed by atoms with Crippen LogP contribution in [0.2, 0.25) is 0 Å². The molecule has 0 aromatic carbocycles. The first-order chi connectivity index (χ1) is 5.75. The van der Waals surface area contributed by atoms with Gasteiger partial charge in [0.05, 0.1) is 17.6 Å². The van der Waals surface area contributed by atoms with E-state index in [-0.39, 0.29) is 11.3 Å². The lowest BCUT2D eigenvalue weighted by atomic mass is 9.99. The van der Waals surface area contributed by atoms with Gasteiger partial charge >= 0.3 is 5.97 Å². The van der Waals surface area contributed by atoms with Gasteiger partial charge < -0.3 is 4.74 Å². The number of carbonyl (C=O) groups excluding carboxylic acids is 1. The second-order valence-electron chi connectivity index (χ2n) is 2.78. The molecule has 0 N–H and O–H groups in total. The summed E-state index contributed by atoms with van der Waals surface area (Å²) in [6, 6.07) is 0. The molecule has 0 amide bonds. The molecule has 0 radical (unpaired) electrons. The van der Waals surface area contributed by atoms with Crippen molar-refractivity contribution in [2.24, 2.45) is 0 Å². The zero-order valence-electron chi connectivity index (χ0n) is 7.18. The van der Waals surface area contributed by atoms with E-state index in [4.69, 9.17) is 16.3 Å². The van der Waals surface area contributed by atoms with Crippen molar-refractivity contribution in [1.29, 1.82) is 0 Å². The van der Waals surface area contributed by atoms with Crippen molar-refractivity contribution in [3.8, 4) is 0 Å². The monoisotopic (exact) mass is 188 g/mol. The van der Waals surface area contributed by atoms with E-state index in [0.29, 0.717) is 12.2 Å². The number of rotatable bonds is 2. The SMILES string of the molecule is CCOC(=O)C1=CCCC[C@@H]1Cl. The van der Waals surface area contributed by atoms with Gasteiger partial charge in [0, 0.05) is 0 Å². The van der Waals surface area contributed by atoms with Crippen molar-refractivity contribution in [3.63, 3.8) is 0 Å². The molecule has 0 aliphatic heterocycles. The summed E-state index contributed by atoms with van der Waals surface area (Å²) in [6.45, 7) is 2.21. The molecular weight excluding hydrogens is 176 g/mol. The van der Waals surface area contributed by atoms with Crippen molar-refractivity contribution in [2.45, 2.75) is 31.6 Å². The van der Waals surface area contributed by atoms with Gasteiger partial charge in [-0.15, -0.1) is 11.6 Å². The summed E-state index contributed by atoms with van der Waals surface area (Å²) in [6.07, 6.45) is 4.78. The molecule has 0 spiro atoms. The van der Waals surface area contributed by atoms with Crippen LogP contribution in [0.3, 0.4) is 0 Å². The highest BCUT2D eigenvalue weighted by molar-refractivity contribution is 6.25. The topological polar surface area (TPSA) is 26.3 Å². The smallest absolute Gasteiger partial charge is 0.335 e. The average Bonchev–Trinajstić information content (AvgIpc) is 2.05. The van der Waals surface area contributed by atoms with Crippen LogP contribution in [0.25, 0.3) is 0 Å². The highest BCUT2D eigenvalue weighted by Gasteiger charge is 2.21. The van der Waals surface area contributed by atoms with E-state index in [0.717, 1.165) is 19.3 Å². The molecule has 1 atom stereocenters. The molecule has 0 heterocycles. The maximum absolute atomic E-state index is 11.2. The highest BCUT2D eigenvalue weighted by atomic mass is 35.5. The van der Waals surface area contributed by atoms with Crippen LogP contribution >= 0.6 is 11.6 Å². The second kappa shape index (κ2) is 4.51. The summed E-state index contributed by atoms with van der Waals surface area (Å²) in [5.74, 6) is -0.253.